The van der Waals surface area contributed by atoms with E-state index in [1.807, 2.05) is 33.2 Å². The number of nitrogens with zero attached hydrogens (tertiary/aromatic N) is 1. The molecule has 0 aliphatic rings. The standard InChI is InChI=1S/C26H28N4O5/c1-18-8-10-19(11-9-18)25(31)28-23(26(32)27-14-5-15-29(2)3)17-22-12-13-24(35-22)20-6-4-7-21(16-20)30(33)34/h4,6-13,16-17H,5,14-15H2,1-3H3,(H,27,32)(H,28,31)/p+1/b23-17+. The number of aryl methyl sites for hydroxylation is 1. The molecule has 2 amide bonds. The first-order chi connectivity index (χ1) is 16.7. The Labute approximate surface area is 203 Å². The molecule has 3 N–H and O–H groups in total. The Hall–Kier alpha value is -4.24. The van der Waals surface area contributed by atoms with Crippen molar-refractivity contribution in [3.05, 3.63) is 93.4 Å². The molecule has 0 bridgehead atoms. The van der Waals surface area contributed by atoms with Gasteiger partial charge in [0.05, 0.1) is 25.6 Å². The van der Waals surface area contributed by atoms with Crippen LogP contribution in [0.1, 0.15) is 28.1 Å². The zero-order valence-corrected chi connectivity index (χ0v) is 20.0. The van der Waals surface area contributed by atoms with Gasteiger partial charge in [-0.05, 0) is 31.2 Å². The number of non-ortho nitro benzene ring substituents is 1. The summed E-state index contributed by atoms with van der Waals surface area (Å²) in [5.41, 5.74) is 1.94. The van der Waals surface area contributed by atoms with Crippen LogP contribution in [0.2, 0.25) is 0 Å². The number of hydrogen-bond donors (Lipinski definition) is 3. The molecule has 35 heavy (non-hydrogen) atoms. The fraction of sp³-hybridized carbons (Fsp3) is 0.231. The lowest BCUT2D eigenvalue weighted by Gasteiger charge is -2.12. The third-order valence-corrected chi connectivity index (χ3v) is 5.20. The number of carbonyl (C=O) groups excluding carboxylic acids is 2. The Morgan fingerprint density at radius 1 is 1.09 bits per heavy atom. The summed E-state index contributed by atoms with van der Waals surface area (Å²) in [7, 11) is 4.07. The molecule has 0 aliphatic heterocycles. The normalized spacial score (nSPS) is 11.4. The molecule has 9 heteroatoms. The van der Waals surface area contributed by atoms with Gasteiger partial charge in [-0.15, -0.1) is 0 Å². The molecule has 9 nitrogen and oxygen atoms in total. The first-order valence-corrected chi connectivity index (χ1v) is 11.2. The summed E-state index contributed by atoms with van der Waals surface area (Å²) < 4.78 is 5.81. The van der Waals surface area contributed by atoms with Crippen LogP contribution in [0.25, 0.3) is 17.4 Å². The van der Waals surface area contributed by atoms with Gasteiger partial charge < -0.3 is 20.0 Å². The van der Waals surface area contributed by atoms with Crippen molar-refractivity contribution < 1.29 is 23.8 Å². The maximum absolute atomic E-state index is 12.9. The van der Waals surface area contributed by atoms with Crippen LogP contribution in [0.15, 0.2) is 70.8 Å². The van der Waals surface area contributed by atoms with Gasteiger partial charge in [-0.2, -0.15) is 0 Å². The molecule has 182 valence electrons. The van der Waals surface area contributed by atoms with Gasteiger partial charge >= 0.3 is 0 Å². The molecule has 0 saturated carbocycles. The molecule has 1 aromatic heterocycles. The number of nitro groups is 1. The van der Waals surface area contributed by atoms with Crippen LogP contribution in [0.5, 0.6) is 0 Å². The third-order valence-electron chi connectivity index (χ3n) is 5.20. The predicted octanol–water partition coefficient (Wildman–Crippen LogP) is 2.58. The van der Waals surface area contributed by atoms with E-state index in [9.17, 15) is 19.7 Å². The van der Waals surface area contributed by atoms with Crippen molar-refractivity contribution in [3.8, 4) is 11.3 Å². The third kappa shape index (κ3) is 7.38. The zero-order chi connectivity index (χ0) is 25.4. The van der Waals surface area contributed by atoms with Crippen molar-refractivity contribution >= 4 is 23.6 Å². The highest BCUT2D eigenvalue weighted by molar-refractivity contribution is 6.05. The van der Waals surface area contributed by atoms with E-state index in [2.05, 4.69) is 10.6 Å². The molecule has 0 radical (unpaired) electrons. The zero-order valence-electron chi connectivity index (χ0n) is 20.0. The Morgan fingerprint density at radius 3 is 2.51 bits per heavy atom. The fourth-order valence-corrected chi connectivity index (χ4v) is 3.30. The van der Waals surface area contributed by atoms with Crippen molar-refractivity contribution in [2.45, 2.75) is 13.3 Å². The average Bonchev–Trinajstić information content (AvgIpc) is 3.30. The minimum absolute atomic E-state index is 0.0349. The van der Waals surface area contributed by atoms with Gasteiger partial charge in [0.25, 0.3) is 17.5 Å². The Balaban J connectivity index is 1.83. The molecule has 3 aromatic rings. The smallest absolute Gasteiger partial charge is 0.270 e. The lowest BCUT2D eigenvalue weighted by molar-refractivity contribution is -0.858. The number of carbonyl (C=O) groups is 2. The largest absolute Gasteiger partial charge is 0.457 e. The summed E-state index contributed by atoms with van der Waals surface area (Å²) in [4.78, 5) is 37.5. The van der Waals surface area contributed by atoms with E-state index in [1.165, 1.54) is 23.1 Å². The van der Waals surface area contributed by atoms with E-state index in [-0.39, 0.29) is 11.4 Å². The molecular formula is C26H29N4O5+. The summed E-state index contributed by atoms with van der Waals surface area (Å²) in [6.07, 6.45) is 2.23. The molecule has 0 spiro atoms. The number of nitro benzene ring substituents is 1. The molecule has 0 aliphatic carbocycles. The molecule has 3 rings (SSSR count). The molecule has 0 saturated heterocycles. The Kier molecular flexibility index (Phi) is 8.53. The SMILES string of the molecule is Cc1ccc(C(=O)N/C(=C/c2ccc(-c3cccc([N+](=O)[O-])c3)o2)C(=O)NCCC[NH+](C)C)cc1. The van der Waals surface area contributed by atoms with E-state index in [0.29, 0.717) is 29.2 Å². The number of benzene rings is 2. The number of rotatable bonds is 10. The van der Waals surface area contributed by atoms with Crippen molar-refractivity contribution in [1.29, 1.82) is 0 Å². The molecule has 2 aromatic carbocycles. The Morgan fingerprint density at radius 2 is 1.83 bits per heavy atom. The van der Waals surface area contributed by atoms with Crippen molar-refractivity contribution in [1.82, 2.24) is 10.6 Å². The quantitative estimate of drug-likeness (QED) is 0.180. The lowest BCUT2D eigenvalue weighted by Crippen LogP contribution is -3.05. The van der Waals surface area contributed by atoms with Gasteiger partial charge in [0.1, 0.15) is 17.2 Å². The van der Waals surface area contributed by atoms with Crippen LogP contribution in [0.4, 0.5) is 5.69 Å². The maximum atomic E-state index is 12.9. The summed E-state index contributed by atoms with van der Waals surface area (Å²) in [5.74, 6) is -0.140. The highest BCUT2D eigenvalue weighted by Crippen LogP contribution is 2.26. The van der Waals surface area contributed by atoms with Crippen molar-refractivity contribution in [3.63, 3.8) is 0 Å². The van der Waals surface area contributed by atoms with Gasteiger partial charge in [-0.1, -0.05) is 29.8 Å². The van der Waals surface area contributed by atoms with E-state index < -0.39 is 16.7 Å². The van der Waals surface area contributed by atoms with Crippen LogP contribution in [0, 0.1) is 17.0 Å². The second kappa shape index (κ2) is 11.8. The first kappa shape index (κ1) is 25.4. The Bertz CT molecular complexity index is 1230. The second-order valence-corrected chi connectivity index (χ2v) is 8.45. The number of furan rings is 1. The summed E-state index contributed by atoms with van der Waals surface area (Å²) in [5, 5.41) is 16.6. The molecule has 1 heterocycles. The minimum Gasteiger partial charge on any atom is -0.457 e. The highest BCUT2D eigenvalue weighted by Gasteiger charge is 2.16. The van der Waals surface area contributed by atoms with E-state index in [1.54, 1.807) is 36.4 Å². The van der Waals surface area contributed by atoms with Crippen LogP contribution < -0.4 is 15.5 Å². The van der Waals surface area contributed by atoms with Crippen LogP contribution >= 0.6 is 0 Å². The molecular weight excluding hydrogens is 448 g/mol. The summed E-state index contributed by atoms with van der Waals surface area (Å²) >= 11 is 0. The molecule has 0 unspecified atom stereocenters. The summed E-state index contributed by atoms with van der Waals surface area (Å²) in [6, 6.07) is 16.4. The number of hydrogen-bond acceptors (Lipinski definition) is 5. The highest BCUT2D eigenvalue weighted by atomic mass is 16.6. The van der Waals surface area contributed by atoms with Gasteiger partial charge in [0.2, 0.25) is 0 Å². The second-order valence-electron chi connectivity index (χ2n) is 8.45. The van der Waals surface area contributed by atoms with E-state index in [0.717, 1.165) is 18.5 Å². The molecule has 0 fully saturated rings. The van der Waals surface area contributed by atoms with Crippen molar-refractivity contribution in [2.75, 3.05) is 27.2 Å². The fourth-order valence-electron chi connectivity index (χ4n) is 3.30. The van der Waals surface area contributed by atoms with Crippen LogP contribution in [-0.2, 0) is 4.79 Å². The predicted molar refractivity (Wildman–Crippen MR) is 133 cm³/mol. The maximum Gasteiger partial charge on any atom is 0.270 e. The van der Waals surface area contributed by atoms with Crippen LogP contribution in [-0.4, -0.2) is 43.9 Å². The number of amides is 2. The summed E-state index contributed by atoms with van der Waals surface area (Å²) in [6.45, 7) is 3.27. The lowest BCUT2D eigenvalue weighted by atomic mass is 10.1. The average molecular weight is 478 g/mol. The number of quaternary nitrogens is 1. The first-order valence-electron chi connectivity index (χ1n) is 11.2. The van der Waals surface area contributed by atoms with Gasteiger partial charge in [-0.25, -0.2) is 0 Å². The topological polar surface area (TPSA) is 119 Å². The van der Waals surface area contributed by atoms with E-state index in [4.69, 9.17) is 4.42 Å². The minimum atomic E-state index is -0.478. The van der Waals surface area contributed by atoms with Gasteiger partial charge in [0, 0.05) is 42.3 Å². The van der Waals surface area contributed by atoms with Crippen LogP contribution in [0.3, 0.4) is 0 Å². The van der Waals surface area contributed by atoms with Gasteiger partial charge in [0.15, 0.2) is 0 Å². The van der Waals surface area contributed by atoms with E-state index >= 15 is 0 Å². The monoisotopic (exact) mass is 477 g/mol. The number of nitrogens with one attached hydrogen (secondary N) is 3. The van der Waals surface area contributed by atoms with Crippen molar-refractivity contribution in [2.24, 2.45) is 0 Å². The van der Waals surface area contributed by atoms with Gasteiger partial charge in [-0.3, -0.25) is 19.7 Å². The molecule has 0 atom stereocenters.